The lowest BCUT2D eigenvalue weighted by atomic mass is 9.98. The summed E-state index contributed by atoms with van der Waals surface area (Å²) in [5.74, 6) is -0.0994. The molecule has 8 heteroatoms. The van der Waals surface area contributed by atoms with Crippen molar-refractivity contribution in [2.45, 2.75) is 19.1 Å². The van der Waals surface area contributed by atoms with E-state index in [4.69, 9.17) is 5.73 Å². The van der Waals surface area contributed by atoms with Gasteiger partial charge in [0.15, 0.2) is 5.82 Å². The lowest BCUT2D eigenvalue weighted by Gasteiger charge is -2.20. The topological polar surface area (TPSA) is 97.8 Å². The number of nitrogens with zero attached hydrogens (tertiary/aromatic N) is 3. The molecule has 0 fully saturated rings. The summed E-state index contributed by atoms with van der Waals surface area (Å²) in [6, 6.07) is 10.8. The van der Waals surface area contributed by atoms with Gasteiger partial charge in [0.1, 0.15) is 10.7 Å². The van der Waals surface area contributed by atoms with E-state index in [1.54, 1.807) is 23.1 Å². The third kappa shape index (κ3) is 3.52. The van der Waals surface area contributed by atoms with Crippen LogP contribution < -0.4 is 10.6 Å². The monoisotopic (exact) mass is 386 g/mol. The average molecular weight is 386 g/mol. The first-order valence-corrected chi connectivity index (χ1v) is 9.92. The van der Waals surface area contributed by atoms with Crippen LogP contribution in [0, 0.1) is 0 Å². The Morgan fingerprint density at radius 2 is 1.96 bits per heavy atom. The molecule has 1 amide bonds. The van der Waals surface area contributed by atoms with Crippen molar-refractivity contribution >= 4 is 27.9 Å². The van der Waals surface area contributed by atoms with Crippen LogP contribution in [0.3, 0.4) is 0 Å². The second-order valence-corrected chi connectivity index (χ2v) is 7.46. The zero-order chi connectivity index (χ0) is 19.7. The van der Waals surface area contributed by atoms with Crippen LogP contribution in [0.4, 0.5) is 5.82 Å². The first-order chi connectivity index (χ1) is 12.8. The number of carbonyl (C=O) groups excluding carboxylic acids is 1. The summed E-state index contributed by atoms with van der Waals surface area (Å²) in [7, 11) is 0.991. The summed E-state index contributed by atoms with van der Waals surface area (Å²) in [5.41, 5.74) is 9.69. The molecule has 0 aliphatic carbocycles. The van der Waals surface area contributed by atoms with Gasteiger partial charge < -0.3 is 10.6 Å². The zero-order valence-electron chi connectivity index (χ0n) is 15.5. The molecule has 2 N–H and O–H groups in total. The fourth-order valence-electron chi connectivity index (χ4n) is 3.26. The maximum Gasteiger partial charge on any atom is 0.248 e. The number of fused-ring (bicyclic) bond motifs is 1. The molecule has 0 saturated carbocycles. The Morgan fingerprint density at radius 1 is 1.22 bits per heavy atom. The van der Waals surface area contributed by atoms with Crippen LogP contribution in [0.25, 0.3) is 16.6 Å². The van der Waals surface area contributed by atoms with Crippen LogP contribution >= 0.6 is 0 Å². The van der Waals surface area contributed by atoms with Crippen LogP contribution in [0.5, 0.6) is 0 Å². The molecule has 0 aliphatic rings. The summed E-state index contributed by atoms with van der Waals surface area (Å²) >= 11 is 0. The predicted molar refractivity (Wildman–Crippen MR) is 107 cm³/mol. The largest absolute Gasteiger partial charge is 0.366 e. The van der Waals surface area contributed by atoms with Crippen molar-refractivity contribution in [1.29, 1.82) is 0 Å². The Morgan fingerprint density at radius 3 is 2.56 bits per heavy atom. The molecule has 1 aromatic carbocycles. The number of aryl methyl sites for hydroxylation is 1. The SMILES string of the molecule is CCc1ccc2c(-c3cccc(C(N)=O)c3)c(C[SH](=O)=O)c(N(C)C)nn12. The number of rotatable bonds is 6. The molecule has 0 spiro atoms. The molecule has 0 aliphatic heterocycles. The molecule has 0 saturated heterocycles. The first kappa shape index (κ1) is 18.9. The Hall–Kier alpha value is -2.87. The van der Waals surface area contributed by atoms with Crippen molar-refractivity contribution in [3.05, 3.63) is 53.2 Å². The van der Waals surface area contributed by atoms with Crippen molar-refractivity contribution < 1.29 is 13.2 Å². The number of aromatic nitrogens is 2. The van der Waals surface area contributed by atoms with Crippen LogP contribution in [0.15, 0.2) is 36.4 Å². The molecule has 3 aromatic rings. The number of hydrogen-bond acceptors (Lipinski definition) is 5. The van der Waals surface area contributed by atoms with E-state index >= 15 is 0 Å². The standard InChI is InChI=1S/C19H22N4O3S/c1-4-14-8-9-16-17(12-6-5-7-13(10-12)18(20)24)15(11-27(25)26)19(22(2)3)21-23(14)16/h5-10,27H,4,11H2,1-3H3,(H2,20,24). The van der Waals surface area contributed by atoms with Crippen LogP contribution in [-0.4, -0.2) is 38.0 Å². The maximum absolute atomic E-state index is 11.6. The van der Waals surface area contributed by atoms with E-state index in [1.807, 2.05) is 43.7 Å². The highest BCUT2D eigenvalue weighted by atomic mass is 32.2. The van der Waals surface area contributed by atoms with Crippen molar-refractivity contribution in [3.63, 3.8) is 0 Å². The second-order valence-electron chi connectivity index (χ2n) is 6.48. The van der Waals surface area contributed by atoms with Gasteiger partial charge in [0, 0.05) is 36.5 Å². The highest BCUT2D eigenvalue weighted by molar-refractivity contribution is 7.71. The minimum absolute atomic E-state index is 0.144. The Bertz CT molecular complexity index is 1090. The Balaban J connectivity index is 2.45. The smallest absolute Gasteiger partial charge is 0.248 e. The van der Waals surface area contributed by atoms with E-state index in [0.717, 1.165) is 28.8 Å². The van der Waals surface area contributed by atoms with Crippen LogP contribution in [-0.2, 0) is 22.9 Å². The number of thiol groups is 1. The molecule has 0 bridgehead atoms. The van der Waals surface area contributed by atoms with E-state index in [0.29, 0.717) is 16.9 Å². The van der Waals surface area contributed by atoms with Gasteiger partial charge >= 0.3 is 0 Å². The van der Waals surface area contributed by atoms with Gasteiger partial charge in [-0.1, -0.05) is 19.1 Å². The van der Waals surface area contributed by atoms with Crippen LogP contribution in [0.2, 0.25) is 0 Å². The number of hydrogen-bond donors (Lipinski definition) is 2. The normalized spacial score (nSPS) is 11.3. The minimum atomic E-state index is -2.66. The minimum Gasteiger partial charge on any atom is -0.366 e. The molecule has 7 nitrogen and oxygen atoms in total. The molecule has 142 valence electrons. The Kier molecular flexibility index (Phi) is 5.18. The van der Waals surface area contributed by atoms with Gasteiger partial charge in [0.2, 0.25) is 5.91 Å². The second kappa shape index (κ2) is 7.40. The maximum atomic E-state index is 11.6. The molecule has 0 unspecified atom stereocenters. The van der Waals surface area contributed by atoms with Crippen LogP contribution in [0.1, 0.15) is 28.5 Å². The summed E-state index contributed by atoms with van der Waals surface area (Å²) in [4.78, 5) is 13.4. The van der Waals surface area contributed by atoms with E-state index in [9.17, 15) is 13.2 Å². The van der Waals surface area contributed by atoms with Crippen molar-refractivity contribution in [3.8, 4) is 11.1 Å². The molecule has 0 radical (unpaired) electrons. The van der Waals surface area contributed by atoms with Gasteiger partial charge in [-0.25, -0.2) is 12.9 Å². The van der Waals surface area contributed by atoms with E-state index in [-0.39, 0.29) is 5.75 Å². The van der Waals surface area contributed by atoms with Crippen molar-refractivity contribution in [2.75, 3.05) is 19.0 Å². The summed E-state index contributed by atoms with van der Waals surface area (Å²) in [5, 5.41) is 4.69. The fraction of sp³-hybridized carbons (Fsp3) is 0.263. The summed E-state index contributed by atoms with van der Waals surface area (Å²) in [6.07, 6.45) is 0.782. The zero-order valence-corrected chi connectivity index (χ0v) is 16.4. The number of amides is 1. The number of nitrogens with two attached hydrogens (primary N) is 1. The van der Waals surface area contributed by atoms with Gasteiger partial charge in [-0.15, -0.1) is 5.10 Å². The van der Waals surface area contributed by atoms with Gasteiger partial charge in [-0.3, -0.25) is 4.79 Å². The van der Waals surface area contributed by atoms with E-state index in [2.05, 4.69) is 5.10 Å². The molecular formula is C19H22N4O3S. The van der Waals surface area contributed by atoms with E-state index < -0.39 is 16.6 Å². The number of primary amides is 1. The summed E-state index contributed by atoms with van der Waals surface area (Å²) in [6.45, 7) is 2.04. The summed E-state index contributed by atoms with van der Waals surface area (Å²) < 4.78 is 25.1. The average Bonchev–Trinajstić information content (AvgIpc) is 3.03. The first-order valence-electron chi connectivity index (χ1n) is 8.56. The third-order valence-corrected chi connectivity index (χ3v) is 5.04. The third-order valence-electron chi connectivity index (χ3n) is 4.47. The van der Waals surface area contributed by atoms with E-state index in [1.165, 1.54) is 0 Å². The molecule has 3 rings (SSSR count). The number of benzene rings is 1. The quantitative estimate of drug-likeness (QED) is 0.630. The predicted octanol–water partition coefficient (Wildman–Crippen LogP) is 1.84. The molecular weight excluding hydrogens is 364 g/mol. The molecule has 2 heterocycles. The molecule has 0 atom stereocenters. The highest BCUT2D eigenvalue weighted by Gasteiger charge is 2.21. The van der Waals surface area contributed by atoms with Gasteiger partial charge in [-0.2, -0.15) is 0 Å². The van der Waals surface area contributed by atoms with Gasteiger partial charge in [-0.05, 0) is 36.2 Å². The van der Waals surface area contributed by atoms with Gasteiger partial charge in [0.05, 0.1) is 11.3 Å². The molecule has 2 aromatic heterocycles. The Labute approximate surface area is 159 Å². The van der Waals surface area contributed by atoms with Crippen molar-refractivity contribution in [2.24, 2.45) is 5.73 Å². The van der Waals surface area contributed by atoms with Gasteiger partial charge in [0.25, 0.3) is 0 Å². The number of anilines is 1. The fourth-order valence-corrected chi connectivity index (χ4v) is 3.81. The van der Waals surface area contributed by atoms with Crippen molar-refractivity contribution in [1.82, 2.24) is 9.61 Å². The number of carbonyl (C=O) groups is 1. The lowest BCUT2D eigenvalue weighted by molar-refractivity contribution is 0.100. The lowest BCUT2D eigenvalue weighted by Crippen LogP contribution is -2.17. The molecule has 27 heavy (non-hydrogen) atoms. The highest BCUT2D eigenvalue weighted by Crippen LogP contribution is 2.35.